The second-order valence-corrected chi connectivity index (χ2v) is 5.22. The Morgan fingerprint density at radius 1 is 1.30 bits per heavy atom. The number of nitrogens with one attached hydrogen (secondary N) is 1. The summed E-state index contributed by atoms with van der Waals surface area (Å²) < 4.78 is 5.07. The molecule has 1 saturated heterocycles. The lowest BCUT2D eigenvalue weighted by molar-refractivity contribution is 0.0527. The molecule has 2 heterocycles. The number of rotatable bonds is 5. The van der Waals surface area contributed by atoms with Gasteiger partial charge in [0.15, 0.2) is 5.82 Å². The number of nitrogens with zero attached hydrogens (tertiary/aromatic N) is 4. The second kappa shape index (κ2) is 7.04. The average Bonchev–Trinajstić information content (AvgIpc) is 3.10. The molecule has 1 aromatic heterocycles. The molecule has 0 amide bonds. The Morgan fingerprint density at radius 3 is 2.87 bits per heavy atom. The smallest absolute Gasteiger partial charge is 0.340 e. The molecule has 3 rings (SSSR count). The summed E-state index contributed by atoms with van der Waals surface area (Å²) in [6.45, 7) is 4.07. The van der Waals surface area contributed by atoms with Crippen molar-refractivity contribution < 1.29 is 9.53 Å². The molecule has 1 aromatic carbocycles. The zero-order valence-corrected chi connectivity index (χ0v) is 13.0. The van der Waals surface area contributed by atoms with E-state index in [0.29, 0.717) is 23.8 Å². The minimum atomic E-state index is -0.376. The predicted octanol–water partition coefficient (Wildman–Crippen LogP) is 2.39. The van der Waals surface area contributed by atoms with E-state index < -0.39 is 0 Å². The molecular weight excluding hydrogens is 294 g/mol. The zero-order valence-electron chi connectivity index (χ0n) is 13.0. The van der Waals surface area contributed by atoms with Gasteiger partial charge in [0.05, 0.1) is 24.1 Å². The molecule has 2 aromatic rings. The number of benzene rings is 1. The van der Waals surface area contributed by atoms with E-state index in [2.05, 4.69) is 25.4 Å². The average molecular weight is 313 g/mol. The minimum Gasteiger partial charge on any atom is -0.462 e. The number of anilines is 3. The first-order valence-corrected chi connectivity index (χ1v) is 7.76. The van der Waals surface area contributed by atoms with Crippen LogP contribution in [0, 0.1) is 0 Å². The summed E-state index contributed by atoms with van der Waals surface area (Å²) in [4.78, 5) is 18.7. The maximum absolute atomic E-state index is 12.0. The number of esters is 1. The van der Waals surface area contributed by atoms with Gasteiger partial charge in [0.1, 0.15) is 0 Å². The van der Waals surface area contributed by atoms with Crippen molar-refractivity contribution in [2.45, 2.75) is 19.8 Å². The van der Waals surface area contributed by atoms with E-state index in [-0.39, 0.29) is 5.97 Å². The van der Waals surface area contributed by atoms with Crippen LogP contribution in [0.15, 0.2) is 30.5 Å². The van der Waals surface area contributed by atoms with Crippen molar-refractivity contribution in [1.82, 2.24) is 15.2 Å². The number of hydrogen-bond donors (Lipinski definition) is 1. The Hall–Kier alpha value is -2.70. The fourth-order valence-corrected chi connectivity index (χ4v) is 2.55. The van der Waals surface area contributed by atoms with Crippen LogP contribution in [-0.2, 0) is 4.74 Å². The van der Waals surface area contributed by atoms with Crippen molar-refractivity contribution in [3.05, 3.63) is 36.0 Å². The number of aromatic nitrogens is 3. The van der Waals surface area contributed by atoms with Crippen LogP contribution in [-0.4, -0.2) is 40.8 Å². The monoisotopic (exact) mass is 313 g/mol. The first-order valence-electron chi connectivity index (χ1n) is 7.76. The Labute approximate surface area is 134 Å². The molecule has 0 saturated carbocycles. The summed E-state index contributed by atoms with van der Waals surface area (Å²) >= 11 is 0. The van der Waals surface area contributed by atoms with E-state index in [4.69, 9.17) is 4.74 Å². The van der Waals surface area contributed by atoms with Gasteiger partial charge in [-0.2, -0.15) is 10.1 Å². The van der Waals surface area contributed by atoms with Gasteiger partial charge in [-0.1, -0.05) is 12.1 Å². The Bertz CT molecular complexity index is 686. The molecule has 120 valence electrons. The van der Waals surface area contributed by atoms with Crippen molar-refractivity contribution in [2.75, 3.05) is 29.9 Å². The highest BCUT2D eigenvalue weighted by molar-refractivity contribution is 5.96. The molecule has 1 aliphatic heterocycles. The maximum Gasteiger partial charge on any atom is 0.340 e. The molecule has 0 radical (unpaired) electrons. The van der Waals surface area contributed by atoms with Crippen molar-refractivity contribution >= 4 is 23.4 Å². The Morgan fingerprint density at radius 2 is 2.09 bits per heavy atom. The number of ether oxygens (including phenoxy) is 1. The van der Waals surface area contributed by atoms with E-state index >= 15 is 0 Å². The van der Waals surface area contributed by atoms with Crippen molar-refractivity contribution in [2.24, 2.45) is 0 Å². The van der Waals surface area contributed by atoms with Gasteiger partial charge in [-0.05, 0) is 31.9 Å². The summed E-state index contributed by atoms with van der Waals surface area (Å²) in [6, 6.07) is 7.12. The van der Waals surface area contributed by atoms with Crippen LogP contribution >= 0.6 is 0 Å². The molecule has 23 heavy (non-hydrogen) atoms. The normalized spacial score (nSPS) is 13.9. The lowest BCUT2D eigenvalue weighted by Gasteiger charge is -2.16. The molecule has 1 fully saturated rings. The van der Waals surface area contributed by atoms with Gasteiger partial charge in [0.2, 0.25) is 5.95 Å². The number of carbonyl (C=O) groups is 1. The SMILES string of the molecule is CCOC(=O)c1ccccc1Nc1nncc(N2CCCC2)n1. The van der Waals surface area contributed by atoms with Crippen LogP contribution in [0.1, 0.15) is 30.1 Å². The van der Waals surface area contributed by atoms with Gasteiger partial charge in [-0.3, -0.25) is 0 Å². The van der Waals surface area contributed by atoms with Crippen molar-refractivity contribution in [1.29, 1.82) is 0 Å². The lowest BCUT2D eigenvalue weighted by Crippen LogP contribution is -2.20. The predicted molar refractivity (Wildman–Crippen MR) is 87.0 cm³/mol. The van der Waals surface area contributed by atoms with Gasteiger partial charge in [0.25, 0.3) is 0 Å². The van der Waals surface area contributed by atoms with E-state index in [1.54, 1.807) is 31.3 Å². The van der Waals surface area contributed by atoms with Crippen LogP contribution in [0.4, 0.5) is 17.5 Å². The molecule has 0 aliphatic carbocycles. The van der Waals surface area contributed by atoms with Crippen molar-refractivity contribution in [3.63, 3.8) is 0 Å². The quantitative estimate of drug-likeness (QED) is 0.849. The second-order valence-electron chi connectivity index (χ2n) is 5.22. The largest absolute Gasteiger partial charge is 0.462 e. The number of hydrogen-bond acceptors (Lipinski definition) is 7. The zero-order chi connectivity index (χ0) is 16.1. The molecule has 7 heteroatoms. The van der Waals surface area contributed by atoms with E-state index in [0.717, 1.165) is 18.9 Å². The highest BCUT2D eigenvalue weighted by Crippen LogP contribution is 2.22. The molecule has 0 atom stereocenters. The summed E-state index contributed by atoms with van der Waals surface area (Å²) in [7, 11) is 0. The van der Waals surface area contributed by atoms with Gasteiger partial charge < -0.3 is 15.0 Å². The molecule has 0 unspecified atom stereocenters. The fraction of sp³-hybridized carbons (Fsp3) is 0.375. The van der Waals surface area contributed by atoms with Gasteiger partial charge in [-0.15, -0.1) is 5.10 Å². The lowest BCUT2D eigenvalue weighted by atomic mass is 10.2. The minimum absolute atomic E-state index is 0.329. The Balaban J connectivity index is 1.82. The Kier molecular flexibility index (Phi) is 4.65. The molecule has 0 spiro atoms. The number of carbonyl (C=O) groups excluding carboxylic acids is 1. The van der Waals surface area contributed by atoms with Crippen LogP contribution in [0.25, 0.3) is 0 Å². The third kappa shape index (κ3) is 3.56. The molecule has 7 nitrogen and oxygen atoms in total. The van der Waals surface area contributed by atoms with Crippen LogP contribution in [0.5, 0.6) is 0 Å². The summed E-state index contributed by atoms with van der Waals surface area (Å²) in [6.07, 6.45) is 3.99. The topological polar surface area (TPSA) is 80.2 Å². The molecule has 0 bridgehead atoms. The van der Waals surface area contributed by atoms with E-state index in [9.17, 15) is 4.79 Å². The number of para-hydroxylation sites is 1. The van der Waals surface area contributed by atoms with Crippen LogP contribution < -0.4 is 10.2 Å². The molecule has 1 aliphatic rings. The molecular formula is C16H19N5O2. The summed E-state index contributed by atoms with van der Waals surface area (Å²) in [5, 5.41) is 11.1. The highest BCUT2D eigenvalue weighted by atomic mass is 16.5. The maximum atomic E-state index is 12.0. The van der Waals surface area contributed by atoms with Gasteiger partial charge in [0, 0.05) is 13.1 Å². The standard InChI is InChI=1S/C16H19N5O2/c1-2-23-15(22)12-7-3-4-8-13(12)18-16-19-14(11-17-20-16)21-9-5-6-10-21/h3-4,7-8,11H,2,5-6,9-10H2,1H3,(H,18,19,20). The summed E-state index contributed by atoms with van der Waals surface area (Å²) in [5.74, 6) is 0.791. The first-order chi connectivity index (χ1) is 11.3. The highest BCUT2D eigenvalue weighted by Gasteiger charge is 2.16. The van der Waals surface area contributed by atoms with Crippen LogP contribution in [0.3, 0.4) is 0 Å². The summed E-state index contributed by atoms with van der Waals surface area (Å²) in [5.41, 5.74) is 1.05. The van der Waals surface area contributed by atoms with Gasteiger partial charge >= 0.3 is 5.97 Å². The third-order valence-electron chi connectivity index (χ3n) is 3.65. The van der Waals surface area contributed by atoms with Gasteiger partial charge in [-0.25, -0.2) is 4.79 Å². The van der Waals surface area contributed by atoms with E-state index in [1.165, 1.54) is 12.8 Å². The van der Waals surface area contributed by atoms with Crippen LogP contribution in [0.2, 0.25) is 0 Å². The van der Waals surface area contributed by atoms with E-state index in [1.807, 2.05) is 6.07 Å². The fourth-order valence-electron chi connectivity index (χ4n) is 2.55. The van der Waals surface area contributed by atoms with Crippen molar-refractivity contribution in [3.8, 4) is 0 Å². The molecule has 1 N–H and O–H groups in total. The first kappa shape index (κ1) is 15.2. The third-order valence-corrected chi connectivity index (χ3v) is 3.65.